The number of anilines is 2. The molecule has 3 heterocycles. The van der Waals surface area contributed by atoms with E-state index in [4.69, 9.17) is 14.5 Å². The SMILES string of the molecule is CCN(CCOCCOC)c1ccc(/C=c2/c(C(C)(C)C)nn3c(=O)c(C)c(-c4cc(C)ccc4NC(=O)C(F)(F)F)nc23)s1. The van der Waals surface area contributed by atoms with Crippen molar-refractivity contribution in [1.29, 1.82) is 0 Å². The highest BCUT2D eigenvalue weighted by molar-refractivity contribution is 7.16. The van der Waals surface area contributed by atoms with Gasteiger partial charge in [0.05, 0.1) is 41.9 Å². The summed E-state index contributed by atoms with van der Waals surface area (Å²) in [6, 6.07) is 8.58. The summed E-state index contributed by atoms with van der Waals surface area (Å²) in [5.74, 6) is -2.11. The van der Waals surface area contributed by atoms with Crippen molar-refractivity contribution >= 4 is 39.7 Å². The summed E-state index contributed by atoms with van der Waals surface area (Å²) < 4.78 is 51.4. The molecule has 242 valence electrons. The highest BCUT2D eigenvalue weighted by Gasteiger charge is 2.39. The Kier molecular flexibility index (Phi) is 10.4. The molecule has 0 atom stereocenters. The summed E-state index contributed by atoms with van der Waals surface area (Å²) >= 11 is 1.57. The third-order valence-corrected chi connectivity index (χ3v) is 8.25. The Morgan fingerprint density at radius 3 is 2.49 bits per heavy atom. The molecule has 4 aromatic rings. The van der Waals surface area contributed by atoms with Crippen LogP contribution < -0.4 is 21.0 Å². The Hall–Kier alpha value is -3.81. The van der Waals surface area contributed by atoms with Crippen LogP contribution in [-0.2, 0) is 19.7 Å². The molecule has 0 spiro atoms. The van der Waals surface area contributed by atoms with E-state index in [2.05, 4.69) is 16.9 Å². The normalized spacial score (nSPS) is 12.7. The standard InChI is InChI=1S/C32H38F3N5O4S/c1-8-39(13-14-44-16-15-43-7)25-12-10-21(45-25)18-23-27(31(4,5)6)38-40-28(23)37-26(20(3)29(40)41)22-17-19(2)9-11-24(22)36-30(42)32(33,34)35/h9-12,17-18H,8,13-16H2,1-7H3,(H,36,42)/b23-18-. The molecule has 3 aromatic heterocycles. The van der Waals surface area contributed by atoms with E-state index in [1.165, 1.54) is 10.6 Å². The fourth-order valence-electron chi connectivity index (χ4n) is 4.80. The zero-order chi connectivity index (χ0) is 33.1. The number of halogens is 3. The molecule has 13 heteroatoms. The van der Waals surface area contributed by atoms with Gasteiger partial charge in [-0.2, -0.15) is 22.8 Å². The number of thiophene rings is 1. The van der Waals surface area contributed by atoms with Gasteiger partial charge in [-0.15, -0.1) is 11.3 Å². The topological polar surface area (TPSA) is 98.1 Å². The van der Waals surface area contributed by atoms with E-state index in [9.17, 15) is 22.8 Å². The number of hydrogen-bond donors (Lipinski definition) is 1. The van der Waals surface area contributed by atoms with Gasteiger partial charge in [-0.05, 0) is 51.1 Å². The molecule has 0 saturated heterocycles. The molecule has 0 aliphatic carbocycles. The van der Waals surface area contributed by atoms with Crippen molar-refractivity contribution in [2.45, 2.75) is 53.1 Å². The van der Waals surface area contributed by atoms with Crippen molar-refractivity contribution in [2.75, 3.05) is 50.2 Å². The minimum absolute atomic E-state index is 0.0999. The molecule has 0 aliphatic heterocycles. The highest BCUT2D eigenvalue weighted by Crippen LogP contribution is 2.32. The first-order valence-electron chi connectivity index (χ1n) is 14.5. The Bertz CT molecular complexity index is 1790. The van der Waals surface area contributed by atoms with Crippen molar-refractivity contribution in [3.63, 3.8) is 0 Å². The highest BCUT2D eigenvalue weighted by atomic mass is 32.1. The van der Waals surface area contributed by atoms with E-state index < -0.39 is 23.1 Å². The van der Waals surface area contributed by atoms with Crippen LogP contribution in [0.1, 0.15) is 49.4 Å². The lowest BCUT2D eigenvalue weighted by Crippen LogP contribution is -2.30. The van der Waals surface area contributed by atoms with Gasteiger partial charge in [-0.25, -0.2) is 4.98 Å². The second-order valence-corrected chi connectivity index (χ2v) is 12.7. The van der Waals surface area contributed by atoms with E-state index >= 15 is 0 Å². The molecule has 1 aromatic carbocycles. The zero-order valence-electron chi connectivity index (χ0n) is 26.5. The number of fused-ring (bicyclic) bond motifs is 1. The maximum Gasteiger partial charge on any atom is 0.471 e. The monoisotopic (exact) mass is 645 g/mol. The average Bonchev–Trinajstić information content (AvgIpc) is 3.58. The van der Waals surface area contributed by atoms with Crippen LogP contribution in [0.25, 0.3) is 23.0 Å². The maximum absolute atomic E-state index is 13.7. The Morgan fingerprint density at radius 2 is 1.84 bits per heavy atom. The molecule has 0 bridgehead atoms. The second-order valence-electron chi connectivity index (χ2n) is 11.6. The molecular weight excluding hydrogens is 607 g/mol. The summed E-state index contributed by atoms with van der Waals surface area (Å²) in [4.78, 5) is 33.5. The first-order chi connectivity index (χ1) is 21.1. The molecule has 1 amide bonds. The summed E-state index contributed by atoms with van der Waals surface area (Å²) in [5, 5.41) is 8.30. The minimum Gasteiger partial charge on any atom is -0.382 e. The zero-order valence-corrected chi connectivity index (χ0v) is 27.3. The number of ether oxygens (including phenoxy) is 2. The number of nitrogens with one attached hydrogen (secondary N) is 1. The molecule has 45 heavy (non-hydrogen) atoms. The predicted molar refractivity (Wildman–Crippen MR) is 171 cm³/mol. The number of nitrogens with zero attached hydrogens (tertiary/aromatic N) is 4. The number of rotatable bonds is 11. The molecule has 0 aliphatic rings. The van der Waals surface area contributed by atoms with Crippen molar-refractivity contribution in [1.82, 2.24) is 14.6 Å². The lowest BCUT2D eigenvalue weighted by molar-refractivity contribution is -0.167. The molecule has 0 fully saturated rings. The van der Waals surface area contributed by atoms with Gasteiger partial charge < -0.3 is 19.7 Å². The lowest BCUT2D eigenvalue weighted by atomic mass is 9.91. The molecule has 0 unspecified atom stereocenters. The van der Waals surface area contributed by atoms with Crippen LogP contribution in [0.2, 0.25) is 0 Å². The van der Waals surface area contributed by atoms with Crippen LogP contribution in [0.15, 0.2) is 35.1 Å². The largest absolute Gasteiger partial charge is 0.471 e. The lowest BCUT2D eigenvalue weighted by Gasteiger charge is -2.20. The summed E-state index contributed by atoms with van der Waals surface area (Å²) in [5.41, 5.74) is 1.18. The maximum atomic E-state index is 13.7. The number of benzene rings is 1. The Labute approximate surface area is 263 Å². The smallest absolute Gasteiger partial charge is 0.382 e. The van der Waals surface area contributed by atoms with Crippen molar-refractivity contribution in [2.24, 2.45) is 0 Å². The van der Waals surface area contributed by atoms with E-state index in [1.54, 1.807) is 44.4 Å². The van der Waals surface area contributed by atoms with E-state index in [1.807, 2.05) is 44.3 Å². The third kappa shape index (κ3) is 7.71. The van der Waals surface area contributed by atoms with Gasteiger partial charge in [-0.1, -0.05) is 32.4 Å². The number of alkyl halides is 3. The molecule has 0 radical (unpaired) electrons. The van der Waals surface area contributed by atoms with Crippen LogP contribution in [0.5, 0.6) is 0 Å². The number of hydrogen-bond acceptors (Lipinski definition) is 8. The summed E-state index contributed by atoms with van der Waals surface area (Å²) in [6.45, 7) is 14.4. The molecule has 4 rings (SSSR count). The van der Waals surface area contributed by atoms with Crippen LogP contribution in [0.4, 0.5) is 23.9 Å². The van der Waals surface area contributed by atoms with Crippen LogP contribution in [-0.4, -0.2) is 66.7 Å². The van der Waals surface area contributed by atoms with Gasteiger partial charge in [-0.3, -0.25) is 9.59 Å². The van der Waals surface area contributed by atoms with E-state index in [-0.39, 0.29) is 28.2 Å². The average molecular weight is 646 g/mol. The number of amides is 1. The Balaban J connectivity index is 1.86. The van der Waals surface area contributed by atoms with Crippen molar-refractivity contribution in [3.8, 4) is 11.3 Å². The first kappa shape index (κ1) is 34.1. The molecule has 1 N–H and O–H groups in total. The summed E-state index contributed by atoms with van der Waals surface area (Å²) in [6.07, 6.45) is -3.15. The molecular formula is C32H38F3N5O4S. The van der Waals surface area contributed by atoms with Gasteiger partial charge in [0, 0.05) is 46.8 Å². The fraction of sp³-hybridized carbons (Fsp3) is 0.438. The Morgan fingerprint density at radius 1 is 1.11 bits per heavy atom. The molecule has 9 nitrogen and oxygen atoms in total. The molecule has 0 saturated carbocycles. The fourth-order valence-corrected chi connectivity index (χ4v) is 5.84. The van der Waals surface area contributed by atoms with Crippen LogP contribution in [0.3, 0.4) is 0 Å². The van der Waals surface area contributed by atoms with Gasteiger partial charge in [0.1, 0.15) is 0 Å². The van der Waals surface area contributed by atoms with Crippen LogP contribution in [0, 0.1) is 13.8 Å². The minimum atomic E-state index is -5.09. The van der Waals surface area contributed by atoms with Gasteiger partial charge >= 0.3 is 12.1 Å². The quantitative estimate of drug-likeness (QED) is 0.222. The number of carbonyl (C=O) groups excluding carboxylic acids is 1. The predicted octanol–water partition coefficient (Wildman–Crippen LogP) is 5.27. The number of aromatic nitrogens is 3. The summed E-state index contributed by atoms with van der Waals surface area (Å²) in [7, 11) is 1.63. The first-order valence-corrected chi connectivity index (χ1v) is 15.3. The number of methoxy groups -OCH3 is 1. The van der Waals surface area contributed by atoms with Crippen molar-refractivity contribution < 1.29 is 27.4 Å². The van der Waals surface area contributed by atoms with Crippen LogP contribution >= 0.6 is 11.3 Å². The van der Waals surface area contributed by atoms with Gasteiger partial charge in [0.15, 0.2) is 5.65 Å². The van der Waals surface area contributed by atoms with Crippen molar-refractivity contribution in [3.05, 3.63) is 67.6 Å². The van der Waals surface area contributed by atoms with Gasteiger partial charge in [0.2, 0.25) is 0 Å². The van der Waals surface area contributed by atoms with Gasteiger partial charge in [0.25, 0.3) is 5.56 Å². The second kappa shape index (κ2) is 13.7. The van der Waals surface area contributed by atoms with E-state index in [0.29, 0.717) is 37.3 Å². The van der Waals surface area contributed by atoms with E-state index in [0.717, 1.165) is 22.0 Å². The number of carbonyl (C=O) groups is 1. The number of aryl methyl sites for hydroxylation is 1. The number of likely N-dealkylation sites (N-methyl/N-ethyl adjacent to an activating group) is 1. The third-order valence-electron chi connectivity index (χ3n) is 7.16.